The molecular formula is C13H12N2. The lowest BCUT2D eigenvalue weighted by molar-refractivity contribution is 0.740. The van der Waals surface area contributed by atoms with Crippen molar-refractivity contribution < 1.29 is 0 Å². The Kier molecular flexibility index (Phi) is 2.31. The second kappa shape index (κ2) is 3.62. The van der Waals surface area contributed by atoms with Gasteiger partial charge in [-0.3, -0.25) is 4.68 Å². The first kappa shape index (κ1) is 9.54. The Bertz CT molecular complexity index is 512. The van der Waals surface area contributed by atoms with E-state index in [9.17, 15) is 0 Å². The summed E-state index contributed by atoms with van der Waals surface area (Å²) in [5.41, 5.74) is 4.37. The van der Waals surface area contributed by atoms with Crippen LogP contribution >= 0.6 is 0 Å². The molecule has 0 fully saturated rings. The Balaban J connectivity index is 2.47. The van der Waals surface area contributed by atoms with E-state index in [1.165, 1.54) is 0 Å². The minimum Gasteiger partial charge on any atom is -0.272 e. The van der Waals surface area contributed by atoms with Gasteiger partial charge in [-0.25, -0.2) is 0 Å². The van der Waals surface area contributed by atoms with E-state index in [1.54, 1.807) is 0 Å². The molecule has 0 saturated carbocycles. The molecule has 1 heterocycles. The van der Waals surface area contributed by atoms with Crippen molar-refractivity contribution >= 4 is 0 Å². The lowest BCUT2D eigenvalue weighted by atomic mass is 10.1. The predicted molar refractivity (Wildman–Crippen MR) is 61.3 cm³/mol. The second-order valence-electron chi connectivity index (χ2n) is 3.49. The summed E-state index contributed by atoms with van der Waals surface area (Å²) < 4.78 is 1.87. The first-order valence-electron chi connectivity index (χ1n) is 4.78. The van der Waals surface area contributed by atoms with E-state index in [4.69, 9.17) is 6.42 Å². The van der Waals surface area contributed by atoms with Crippen LogP contribution in [0.5, 0.6) is 0 Å². The maximum atomic E-state index is 5.31. The molecule has 2 nitrogen and oxygen atoms in total. The summed E-state index contributed by atoms with van der Waals surface area (Å²) >= 11 is 0. The normalized spacial score (nSPS) is 9.93. The SMILES string of the molecule is C#Cc1ccc(-c2cnn(C)c2C)cc1. The van der Waals surface area contributed by atoms with E-state index >= 15 is 0 Å². The van der Waals surface area contributed by atoms with Gasteiger partial charge in [-0.15, -0.1) is 6.42 Å². The number of aryl methyl sites for hydroxylation is 1. The number of rotatable bonds is 1. The third-order valence-electron chi connectivity index (χ3n) is 2.60. The van der Waals surface area contributed by atoms with Crippen molar-refractivity contribution in [2.24, 2.45) is 7.05 Å². The van der Waals surface area contributed by atoms with Crippen LogP contribution in [0.4, 0.5) is 0 Å². The maximum absolute atomic E-state index is 5.31. The molecule has 0 N–H and O–H groups in total. The zero-order valence-electron chi connectivity index (χ0n) is 8.86. The standard InChI is InChI=1S/C13H12N2/c1-4-11-5-7-12(8-6-11)13-9-14-15(3)10(13)2/h1,5-9H,2-3H3. The van der Waals surface area contributed by atoms with Crippen LogP contribution < -0.4 is 0 Å². The fourth-order valence-electron chi connectivity index (χ4n) is 1.53. The molecule has 0 amide bonds. The summed E-state index contributed by atoms with van der Waals surface area (Å²) in [7, 11) is 1.94. The number of benzene rings is 1. The van der Waals surface area contributed by atoms with Crippen LogP contribution in [0.15, 0.2) is 30.5 Å². The summed E-state index contributed by atoms with van der Waals surface area (Å²) in [6, 6.07) is 7.95. The van der Waals surface area contributed by atoms with E-state index in [1.807, 2.05) is 42.2 Å². The van der Waals surface area contributed by atoms with Crippen molar-refractivity contribution in [2.75, 3.05) is 0 Å². The summed E-state index contributed by atoms with van der Waals surface area (Å²) in [6.45, 7) is 2.05. The fraction of sp³-hybridized carbons (Fsp3) is 0.154. The van der Waals surface area contributed by atoms with Gasteiger partial charge in [0, 0.05) is 23.9 Å². The van der Waals surface area contributed by atoms with Gasteiger partial charge in [0.1, 0.15) is 0 Å². The zero-order valence-corrected chi connectivity index (χ0v) is 8.86. The quantitative estimate of drug-likeness (QED) is 0.640. The largest absolute Gasteiger partial charge is 0.272 e. The van der Waals surface area contributed by atoms with Crippen LogP contribution in [-0.4, -0.2) is 9.78 Å². The van der Waals surface area contributed by atoms with E-state index < -0.39 is 0 Å². The molecule has 1 aromatic heterocycles. The monoisotopic (exact) mass is 196 g/mol. The Morgan fingerprint density at radius 1 is 1.27 bits per heavy atom. The van der Waals surface area contributed by atoms with Gasteiger partial charge in [0.05, 0.1) is 6.20 Å². The molecule has 15 heavy (non-hydrogen) atoms. The molecule has 0 spiro atoms. The molecule has 2 aromatic rings. The molecule has 74 valence electrons. The van der Waals surface area contributed by atoms with E-state index in [-0.39, 0.29) is 0 Å². The molecule has 0 atom stereocenters. The van der Waals surface area contributed by atoms with Gasteiger partial charge in [-0.05, 0) is 24.6 Å². The minimum atomic E-state index is 0.903. The molecule has 0 unspecified atom stereocenters. The molecule has 2 rings (SSSR count). The molecular weight excluding hydrogens is 184 g/mol. The van der Waals surface area contributed by atoms with Gasteiger partial charge in [0.2, 0.25) is 0 Å². The van der Waals surface area contributed by atoms with Crippen LogP contribution in [-0.2, 0) is 7.05 Å². The first-order chi connectivity index (χ1) is 7.22. The molecule has 1 aromatic carbocycles. The van der Waals surface area contributed by atoms with Crippen molar-refractivity contribution in [1.82, 2.24) is 9.78 Å². The second-order valence-corrected chi connectivity index (χ2v) is 3.49. The molecule has 0 radical (unpaired) electrons. The lowest BCUT2D eigenvalue weighted by Crippen LogP contribution is -1.92. The molecule has 0 aliphatic heterocycles. The van der Waals surface area contributed by atoms with Crippen molar-refractivity contribution in [3.05, 3.63) is 41.7 Å². The highest BCUT2D eigenvalue weighted by molar-refractivity contribution is 5.65. The number of hydrogen-bond donors (Lipinski definition) is 0. The highest BCUT2D eigenvalue weighted by atomic mass is 15.3. The van der Waals surface area contributed by atoms with E-state index in [0.717, 1.165) is 22.4 Å². The smallest absolute Gasteiger partial charge is 0.0571 e. The van der Waals surface area contributed by atoms with Crippen LogP contribution in [0.3, 0.4) is 0 Å². The summed E-state index contributed by atoms with van der Waals surface area (Å²) in [4.78, 5) is 0. The van der Waals surface area contributed by atoms with Gasteiger partial charge in [-0.1, -0.05) is 18.1 Å². The van der Waals surface area contributed by atoms with Crippen molar-refractivity contribution in [3.8, 4) is 23.5 Å². The fourth-order valence-corrected chi connectivity index (χ4v) is 1.53. The Morgan fingerprint density at radius 2 is 1.93 bits per heavy atom. The topological polar surface area (TPSA) is 17.8 Å². The Hall–Kier alpha value is -2.01. The zero-order chi connectivity index (χ0) is 10.8. The minimum absolute atomic E-state index is 0.903. The van der Waals surface area contributed by atoms with Crippen molar-refractivity contribution in [2.45, 2.75) is 6.92 Å². The highest BCUT2D eigenvalue weighted by Crippen LogP contribution is 2.22. The summed E-state index contributed by atoms with van der Waals surface area (Å²) in [5, 5.41) is 4.21. The molecule has 0 bridgehead atoms. The van der Waals surface area contributed by atoms with E-state index in [0.29, 0.717) is 0 Å². The molecule has 2 heteroatoms. The Labute approximate surface area is 89.6 Å². The molecule has 0 saturated heterocycles. The van der Waals surface area contributed by atoms with Gasteiger partial charge in [0.25, 0.3) is 0 Å². The average Bonchev–Trinajstić information content (AvgIpc) is 2.60. The number of hydrogen-bond acceptors (Lipinski definition) is 1. The average molecular weight is 196 g/mol. The van der Waals surface area contributed by atoms with Crippen LogP contribution in [0.2, 0.25) is 0 Å². The van der Waals surface area contributed by atoms with Gasteiger partial charge >= 0.3 is 0 Å². The van der Waals surface area contributed by atoms with Gasteiger partial charge < -0.3 is 0 Å². The van der Waals surface area contributed by atoms with Crippen LogP contribution in [0.25, 0.3) is 11.1 Å². The van der Waals surface area contributed by atoms with Crippen LogP contribution in [0.1, 0.15) is 11.3 Å². The molecule has 0 aliphatic rings. The Morgan fingerprint density at radius 3 is 2.40 bits per heavy atom. The summed E-state index contributed by atoms with van der Waals surface area (Å²) in [6.07, 6.45) is 7.18. The number of nitrogens with zero attached hydrogens (tertiary/aromatic N) is 2. The van der Waals surface area contributed by atoms with Crippen LogP contribution in [0, 0.1) is 19.3 Å². The predicted octanol–water partition coefficient (Wildman–Crippen LogP) is 2.38. The third kappa shape index (κ3) is 1.64. The summed E-state index contributed by atoms with van der Waals surface area (Å²) in [5.74, 6) is 2.60. The highest BCUT2D eigenvalue weighted by Gasteiger charge is 2.05. The van der Waals surface area contributed by atoms with Crippen molar-refractivity contribution in [1.29, 1.82) is 0 Å². The maximum Gasteiger partial charge on any atom is 0.0571 e. The lowest BCUT2D eigenvalue weighted by Gasteiger charge is -2.00. The molecule has 0 aliphatic carbocycles. The van der Waals surface area contributed by atoms with Crippen molar-refractivity contribution in [3.63, 3.8) is 0 Å². The van der Waals surface area contributed by atoms with Gasteiger partial charge in [-0.2, -0.15) is 5.10 Å². The number of aromatic nitrogens is 2. The van der Waals surface area contributed by atoms with E-state index in [2.05, 4.69) is 17.9 Å². The third-order valence-corrected chi connectivity index (χ3v) is 2.60. The van der Waals surface area contributed by atoms with Gasteiger partial charge in [0.15, 0.2) is 0 Å². The number of terminal acetylenes is 1. The first-order valence-corrected chi connectivity index (χ1v) is 4.78.